The van der Waals surface area contributed by atoms with Gasteiger partial charge in [0.25, 0.3) is 0 Å². The van der Waals surface area contributed by atoms with Gasteiger partial charge in [-0.1, -0.05) is 12.8 Å². The van der Waals surface area contributed by atoms with E-state index in [9.17, 15) is 4.79 Å². The van der Waals surface area contributed by atoms with Gasteiger partial charge in [-0.2, -0.15) is 0 Å². The van der Waals surface area contributed by atoms with Crippen molar-refractivity contribution in [3.05, 3.63) is 0 Å². The quantitative estimate of drug-likeness (QED) is 0.864. The average molecular weight is 293 g/mol. The van der Waals surface area contributed by atoms with Crippen molar-refractivity contribution in [2.24, 2.45) is 17.6 Å². The van der Waals surface area contributed by atoms with E-state index >= 15 is 0 Å². The zero-order valence-electron chi connectivity index (χ0n) is 13.5. The Kier molecular flexibility index (Phi) is 4.85. The Morgan fingerprint density at radius 2 is 2.05 bits per heavy atom. The van der Waals surface area contributed by atoms with Crippen LogP contribution in [0, 0.1) is 11.8 Å². The predicted molar refractivity (Wildman–Crippen MR) is 84.9 cm³/mol. The number of nitrogens with zero attached hydrogens (tertiary/aromatic N) is 2. The molecule has 4 nitrogen and oxygen atoms in total. The topological polar surface area (TPSA) is 49.6 Å². The van der Waals surface area contributed by atoms with Crippen molar-refractivity contribution in [2.45, 2.75) is 64.0 Å². The number of amides is 1. The summed E-state index contributed by atoms with van der Waals surface area (Å²) in [5.74, 6) is 1.39. The number of carbonyl (C=O) groups is 1. The largest absolute Gasteiger partial charge is 0.337 e. The van der Waals surface area contributed by atoms with Crippen molar-refractivity contribution in [1.82, 2.24) is 9.80 Å². The summed E-state index contributed by atoms with van der Waals surface area (Å²) in [4.78, 5) is 17.8. The van der Waals surface area contributed by atoms with Crippen LogP contribution in [-0.4, -0.2) is 54.0 Å². The second-order valence-electron chi connectivity index (χ2n) is 7.44. The Labute approximate surface area is 129 Å². The summed E-state index contributed by atoms with van der Waals surface area (Å²) >= 11 is 0. The first-order chi connectivity index (χ1) is 10.2. The highest BCUT2D eigenvalue weighted by Crippen LogP contribution is 2.34. The molecule has 3 rings (SSSR count). The minimum Gasteiger partial charge on any atom is -0.337 e. The van der Waals surface area contributed by atoms with Crippen LogP contribution >= 0.6 is 0 Å². The molecule has 0 spiro atoms. The highest BCUT2D eigenvalue weighted by Gasteiger charge is 2.39. The van der Waals surface area contributed by atoms with Crippen molar-refractivity contribution in [3.8, 4) is 0 Å². The summed E-state index contributed by atoms with van der Waals surface area (Å²) in [6.45, 7) is 6.28. The number of fused-ring (bicyclic) bond motifs is 1. The van der Waals surface area contributed by atoms with Crippen LogP contribution < -0.4 is 5.73 Å². The minimum absolute atomic E-state index is 0.269. The second-order valence-corrected chi connectivity index (χ2v) is 7.44. The Morgan fingerprint density at radius 3 is 2.86 bits per heavy atom. The van der Waals surface area contributed by atoms with E-state index in [0.29, 0.717) is 23.9 Å². The predicted octanol–water partition coefficient (Wildman–Crippen LogP) is 1.84. The van der Waals surface area contributed by atoms with E-state index < -0.39 is 0 Å². The third-order valence-corrected chi connectivity index (χ3v) is 5.93. The Hall–Kier alpha value is -0.610. The van der Waals surface area contributed by atoms with Gasteiger partial charge in [0.1, 0.15) is 0 Å². The van der Waals surface area contributed by atoms with Gasteiger partial charge in [0.2, 0.25) is 5.91 Å². The Balaban J connectivity index is 1.61. The highest BCUT2D eigenvalue weighted by molar-refractivity contribution is 5.79. The molecular weight excluding hydrogens is 262 g/mol. The van der Waals surface area contributed by atoms with E-state index in [0.717, 1.165) is 38.9 Å². The fourth-order valence-electron chi connectivity index (χ4n) is 4.74. The van der Waals surface area contributed by atoms with Crippen LogP contribution in [0.2, 0.25) is 0 Å². The number of piperazine rings is 1. The molecular formula is C17H31N3O. The normalized spacial score (nSPS) is 37.5. The van der Waals surface area contributed by atoms with E-state index in [-0.39, 0.29) is 5.92 Å². The van der Waals surface area contributed by atoms with Crippen molar-refractivity contribution < 1.29 is 4.79 Å². The maximum atomic E-state index is 13.0. The molecule has 1 saturated carbocycles. The van der Waals surface area contributed by atoms with Gasteiger partial charge in [-0.15, -0.1) is 0 Å². The summed E-state index contributed by atoms with van der Waals surface area (Å²) in [6.07, 6.45) is 8.32. The third kappa shape index (κ3) is 3.26. The summed E-state index contributed by atoms with van der Waals surface area (Å²) in [5.41, 5.74) is 5.70. The van der Waals surface area contributed by atoms with Gasteiger partial charge in [0, 0.05) is 31.1 Å². The number of carbonyl (C=O) groups excluding carboxylic acids is 1. The fourth-order valence-corrected chi connectivity index (χ4v) is 4.74. The van der Waals surface area contributed by atoms with Crippen molar-refractivity contribution >= 4 is 5.91 Å². The van der Waals surface area contributed by atoms with E-state index in [1.54, 1.807) is 0 Å². The maximum Gasteiger partial charge on any atom is 0.226 e. The lowest BCUT2D eigenvalue weighted by atomic mass is 9.79. The zero-order chi connectivity index (χ0) is 14.8. The van der Waals surface area contributed by atoms with Gasteiger partial charge >= 0.3 is 0 Å². The number of hydrogen-bond acceptors (Lipinski definition) is 3. The molecule has 1 aliphatic carbocycles. The molecule has 1 amide bonds. The zero-order valence-corrected chi connectivity index (χ0v) is 13.5. The molecule has 21 heavy (non-hydrogen) atoms. The van der Waals surface area contributed by atoms with E-state index in [1.165, 1.54) is 32.2 Å². The van der Waals surface area contributed by atoms with Crippen LogP contribution in [0.4, 0.5) is 0 Å². The first-order valence-corrected chi connectivity index (χ1v) is 8.93. The molecule has 2 heterocycles. The third-order valence-electron chi connectivity index (χ3n) is 5.93. The number of hydrogen-bond donors (Lipinski definition) is 1. The molecule has 4 atom stereocenters. The standard InChI is InChI=1S/C17H31N3O/c1-13-11-19-9-3-6-16(19)12-20(13)17(21)15-5-2-4-14(10-15)7-8-18/h13-16H,2-12,18H2,1H3. The molecule has 0 aromatic carbocycles. The van der Waals surface area contributed by atoms with Crippen molar-refractivity contribution in [3.63, 3.8) is 0 Å². The minimum atomic E-state index is 0.269. The van der Waals surface area contributed by atoms with Gasteiger partial charge < -0.3 is 10.6 Å². The van der Waals surface area contributed by atoms with Crippen LogP contribution in [0.5, 0.6) is 0 Å². The lowest BCUT2D eigenvalue weighted by Crippen LogP contribution is -2.58. The second kappa shape index (κ2) is 6.66. The lowest BCUT2D eigenvalue weighted by molar-refractivity contribution is -0.142. The van der Waals surface area contributed by atoms with Crippen LogP contribution in [0.25, 0.3) is 0 Å². The van der Waals surface area contributed by atoms with Crippen molar-refractivity contribution in [1.29, 1.82) is 0 Å². The van der Waals surface area contributed by atoms with Crippen molar-refractivity contribution in [2.75, 3.05) is 26.2 Å². The van der Waals surface area contributed by atoms with Gasteiger partial charge in [0.05, 0.1) is 0 Å². The maximum absolute atomic E-state index is 13.0. The van der Waals surface area contributed by atoms with Gasteiger partial charge in [0.15, 0.2) is 0 Å². The molecule has 0 aromatic rings. The van der Waals surface area contributed by atoms with Crippen LogP contribution in [-0.2, 0) is 4.79 Å². The molecule has 2 saturated heterocycles. The number of nitrogens with two attached hydrogens (primary N) is 1. The summed E-state index contributed by atoms with van der Waals surface area (Å²) in [7, 11) is 0. The number of rotatable bonds is 3. The highest BCUT2D eigenvalue weighted by atomic mass is 16.2. The van der Waals surface area contributed by atoms with Gasteiger partial charge in [-0.25, -0.2) is 0 Å². The molecule has 2 aliphatic heterocycles. The van der Waals surface area contributed by atoms with E-state index in [4.69, 9.17) is 5.73 Å². The first kappa shape index (κ1) is 15.3. The van der Waals surface area contributed by atoms with Gasteiger partial charge in [-0.3, -0.25) is 9.69 Å². The molecule has 120 valence electrons. The Morgan fingerprint density at radius 1 is 1.19 bits per heavy atom. The average Bonchev–Trinajstić information content (AvgIpc) is 2.93. The molecule has 4 unspecified atom stereocenters. The van der Waals surface area contributed by atoms with Crippen LogP contribution in [0.1, 0.15) is 51.9 Å². The Bertz CT molecular complexity index is 371. The van der Waals surface area contributed by atoms with E-state index in [2.05, 4.69) is 16.7 Å². The molecule has 0 aromatic heterocycles. The fraction of sp³-hybridized carbons (Fsp3) is 0.941. The lowest BCUT2D eigenvalue weighted by Gasteiger charge is -2.44. The summed E-state index contributed by atoms with van der Waals surface area (Å²) in [5, 5.41) is 0. The molecule has 3 fully saturated rings. The monoisotopic (exact) mass is 293 g/mol. The molecule has 4 heteroatoms. The summed E-state index contributed by atoms with van der Waals surface area (Å²) in [6, 6.07) is 1.02. The summed E-state index contributed by atoms with van der Waals surface area (Å²) < 4.78 is 0. The SMILES string of the molecule is CC1CN2CCCC2CN1C(=O)C1CCCC(CCN)C1. The molecule has 3 aliphatic rings. The first-order valence-electron chi connectivity index (χ1n) is 8.93. The molecule has 0 bridgehead atoms. The molecule has 2 N–H and O–H groups in total. The van der Waals surface area contributed by atoms with Crippen LogP contribution in [0.15, 0.2) is 0 Å². The smallest absolute Gasteiger partial charge is 0.226 e. The molecule has 0 radical (unpaired) electrons. The van der Waals surface area contributed by atoms with Gasteiger partial charge in [-0.05, 0) is 58.0 Å². The van der Waals surface area contributed by atoms with Crippen LogP contribution in [0.3, 0.4) is 0 Å². The van der Waals surface area contributed by atoms with E-state index in [1.807, 2.05) is 0 Å².